The van der Waals surface area contributed by atoms with Crippen molar-refractivity contribution in [2.75, 3.05) is 19.0 Å². The molecule has 0 bridgehead atoms. The van der Waals surface area contributed by atoms with Crippen molar-refractivity contribution in [1.82, 2.24) is 0 Å². The molecule has 2 rings (SSSR count). The molecule has 0 heterocycles. The van der Waals surface area contributed by atoms with Crippen LogP contribution in [0.1, 0.15) is 5.56 Å². The molecule has 0 saturated carbocycles. The lowest BCUT2D eigenvalue weighted by molar-refractivity contribution is -0.137. The van der Waals surface area contributed by atoms with Crippen LogP contribution in [0.3, 0.4) is 0 Å². The lowest BCUT2D eigenvalue weighted by atomic mass is 10.2. The van der Waals surface area contributed by atoms with E-state index in [9.17, 15) is 18.0 Å². The van der Waals surface area contributed by atoms with Crippen molar-refractivity contribution in [3.05, 3.63) is 53.1 Å². The summed E-state index contributed by atoms with van der Waals surface area (Å²) in [4.78, 5) is 11.8. The molecule has 0 aliphatic heterocycles. The van der Waals surface area contributed by atoms with Crippen molar-refractivity contribution in [2.45, 2.75) is 6.18 Å². The number of hydrogen-bond donors (Lipinski definition) is 1. The summed E-state index contributed by atoms with van der Waals surface area (Å²) in [5, 5.41) is 1.89. The molecule has 0 unspecified atom stereocenters. The fourth-order valence-electron chi connectivity index (χ4n) is 1.84. The van der Waals surface area contributed by atoms with Crippen LogP contribution in [0, 0.1) is 0 Å². The van der Waals surface area contributed by atoms with E-state index >= 15 is 0 Å². The van der Waals surface area contributed by atoms with Gasteiger partial charge in [0, 0.05) is 5.69 Å². The van der Waals surface area contributed by atoms with E-state index in [1.807, 2.05) is 0 Å². The second-order valence-corrected chi connectivity index (χ2v) is 5.11. The Hall–Kier alpha value is -2.41. The number of halogens is 4. The van der Waals surface area contributed by atoms with E-state index in [0.29, 0.717) is 11.5 Å². The first-order valence-electron chi connectivity index (χ1n) is 6.73. The Morgan fingerprint density at radius 3 is 2.33 bits per heavy atom. The van der Waals surface area contributed by atoms with Crippen molar-refractivity contribution in [1.29, 1.82) is 0 Å². The third-order valence-corrected chi connectivity index (χ3v) is 3.31. The van der Waals surface area contributed by atoms with E-state index < -0.39 is 22.7 Å². The van der Waals surface area contributed by atoms with E-state index in [2.05, 4.69) is 5.32 Å². The Kier molecular flexibility index (Phi) is 5.56. The zero-order chi connectivity index (χ0) is 17.7. The van der Waals surface area contributed by atoms with E-state index in [4.69, 9.17) is 21.1 Å². The van der Waals surface area contributed by atoms with Crippen LogP contribution in [0.15, 0.2) is 42.5 Å². The largest absolute Gasteiger partial charge is 0.497 e. The highest BCUT2D eigenvalue weighted by molar-refractivity contribution is 6.31. The maximum atomic E-state index is 12.8. The number of amides is 1. The predicted molar refractivity (Wildman–Crippen MR) is 83.6 cm³/mol. The van der Waals surface area contributed by atoms with Gasteiger partial charge in [-0.3, -0.25) is 4.79 Å². The third kappa shape index (κ3) is 4.79. The SMILES string of the molecule is COc1ccc(OCC(=O)Nc2ccc(Cl)c(C(F)(F)F)c2)cc1. The Morgan fingerprint density at radius 2 is 1.75 bits per heavy atom. The fraction of sp³-hybridized carbons (Fsp3) is 0.188. The highest BCUT2D eigenvalue weighted by Crippen LogP contribution is 2.36. The molecule has 2 aromatic carbocycles. The first-order valence-corrected chi connectivity index (χ1v) is 7.11. The molecule has 0 spiro atoms. The van der Waals surface area contributed by atoms with Crippen LogP contribution in [0.4, 0.5) is 18.9 Å². The standard InChI is InChI=1S/C16H13ClF3NO3/c1-23-11-3-5-12(6-4-11)24-9-15(22)21-10-2-7-14(17)13(8-10)16(18,19)20/h2-8H,9H2,1H3,(H,21,22). The van der Waals surface area contributed by atoms with Crippen molar-refractivity contribution in [2.24, 2.45) is 0 Å². The number of carbonyl (C=O) groups excluding carboxylic acids is 1. The van der Waals surface area contributed by atoms with Crippen LogP contribution in [-0.4, -0.2) is 19.6 Å². The van der Waals surface area contributed by atoms with Crippen LogP contribution >= 0.6 is 11.6 Å². The smallest absolute Gasteiger partial charge is 0.417 e. The van der Waals surface area contributed by atoms with Gasteiger partial charge in [0.25, 0.3) is 5.91 Å². The van der Waals surface area contributed by atoms with Crippen LogP contribution in [0.2, 0.25) is 5.02 Å². The number of nitrogens with one attached hydrogen (secondary N) is 1. The molecular weight excluding hydrogens is 347 g/mol. The lowest BCUT2D eigenvalue weighted by Gasteiger charge is -2.12. The van der Waals surface area contributed by atoms with E-state index in [1.54, 1.807) is 24.3 Å². The van der Waals surface area contributed by atoms with Gasteiger partial charge >= 0.3 is 6.18 Å². The maximum Gasteiger partial charge on any atom is 0.417 e. The molecule has 0 aromatic heterocycles. The minimum absolute atomic E-state index is 0.0185. The van der Waals surface area contributed by atoms with Gasteiger partial charge in [-0.2, -0.15) is 13.2 Å². The molecule has 0 aliphatic rings. The van der Waals surface area contributed by atoms with Crippen LogP contribution in [-0.2, 0) is 11.0 Å². The number of hydrogen-bond acceptors (Lipinski definition) is 3. The summed E-state index contributed by atoms with van der Waals surface area (Å²) in [6, 6.07) is 9.65. The number of alkyl halides is 3. The number of ether oxygens (including phenoxy) is 2. The molecule has 24 heavy (non-hydrogen) atoms. The van der Waals surface area contributed by atoms with Crippen molar-refractivity contribution in [3.63, 3.8) is 0 Å². The van der Waals surface area contributed by atoms with Crippen LogP contribution in [0.25, 0.3) is 0 Å². The maximum absolute atomic E-state index is 12.8. The first-order chi connectivity index (χ1) is 11.3. The van der Waals surface area contributed by atoms with Gasteiger partial charge in [0.2, 0.25) is 0 Å². The summed E-state index contributed by atoms with van der Waals surface area (Å²) in [5.74, 6) is 0.465. The molecule has 8 heteroatoms. The zero-order valence-electron chi connectivity index (χ0n) is 12.5. The minimum atomic E-state index is -4.60. The van der Waals surface area contributed by atoms with Gasteiger partial charge in [-0.25, -0.2) is 0 Å². The Morgan fingerprint density at radius 1 is 1.12 bits per heavy atom. The van der Waals surface area contributed by atoms with Gasteiger partial charge in [-0.1, -0.05) is 11.6 Å². The third-order valence-electron chi connectivity index (χ3n) is 2.98. The molecule has 2 aromatic rings. The van der Waals surface area contributed by atoms with Gasteiger partial charge in [0.15, 0.2) is 6.61 Å². The fourth-order valence-corrected chi connectivity index (χ4v) is 2.06. The molecule has 0 radical (unpaired) electrons. The molecule has 4 nitrogen and oxygen atoms in total. The van der Waals surface area contributed by atoms with Gasteiger partial charge in [-0.15, -0.1) is 0 Å². The van der Waals surface area contributed by atoms with Crippen molar-refractivity contribution < 1.29 is 27.4 Å². The molecule has 128 valence electrons. The topological polar surface area (TPSA) is 47.6 Å². The van der Waals surface area contributed by atoms with E-state index in [1.165, 1.54) is 13.2 Å². The van der Waals surface area contributed by atoms with Crippen LogP contribution in [0.5, 0.6) is 11.5 Å². The van der Waals surface area contributed by atoms with E-state index in [0.717, 1.165) is 12.1 Å². The van der Waals surface area contributed by atoms with Crippen LogP contribution < -0.4 is 14.8 Å². The summed E-state index contributed by atoms with van der Waals surface area (Å²) >= 11 is 5.52. The number of benzene rings is 2. The predicted octanol–water partition coefficient (Wildman–Crippen LogP) is 4.38. The van der Waals surface area contributed by atoms with Gasteiger partial charge in [-0.05, 0) is 42.5 Å². The summed E-state index contributed by atoms with van der Waals surface area (Å²) < 4.78 is 48.5. The summed E-state index contributed by atoms with van der Waals surface area (Å²) in [7, 11) is 1.52. The summed E-state index contributed by atoms with van der Waals surface area (Å²) in [5.41, 5.74) is -1.03. The summed E-state index contributed by atoms with van der Waals surface area (Å²) in [6.07, 6.45) is -4.60. The molecule has 0 atom stereocenters. The number of anilines is 1. The Bertz CT molecular complexity index is 717. The minimum Gasteiger partial charge on any atom is -0.497 e. The monoisotopic (exact) mass is 359 g/mol. The van der Waals surface area contributed by atoms with Gasteiger partial charge in [0.1, 0.15) is 11.5 Å². The average molecular weight is 360 g/mol. The van der Waals surface area contributed by atoms with Crippen molar-refractivity contribution >= 4 is 23.2 Å². The zero-order valence-corrected chi connectivity index (χ0v) is 13.2. The Labute approximate surface area is 141 Å². The molecule has 0 saturated heterocycles. The Balaban J connectivity index is 1.97. The quantitative estimate of drug-likeness (QED) is 0.861. The number of methoxy groups -OCH3 is 1. The lowest BCUT2D eigenvalue weighted by Crippen LogP contribution is -2.20. The molecule has 0 fully saturated rings. The second-order valence-electron chi connectivity index (χ2n) is 4.70. The molecular formula is C16H13ClF3NO3. The first kappa shape index (κ1) is 17.9. The van der Waals surface area contributed by atoms with E-state index in [-0.39, 0.29) is 12.3 Å². The molecule has 1 amide bonds. The average Bonchev–Trinajstić information content (AvgIpc) is 2.54. The van der Waals surface area contributed by atoms with Crippen molar-refractivity contribution in [3.8, 4) is 11.5 Å². The highest BCUT2D eigenvalue weighted by atomic mass is 35.5. The molecule has 0 aliphatic carbocycles. The number of rotatable bonds is 5. The highest BCUT2D eigenvalue weighted by Gasteiger charge is 2.33. The van der Waals surface area contributed by atoms with Gasteiger partial charge in [0.05, 0.1) is 17.7 Å². The summed E-state index contributed by atoms with van der Waals surface area (Å²) in [6.45, 7) is -0.351. The second kappa shape index (κ2) is 7.44. The van der Waals surface area contributed by atoms with Gasteiger partial charge < -0.3 is 14.8 Å². The number of carbonyl (C=O) groups is 1. The normalized spacial score (nSPS) is 11.0. The molecule has 1 N–H and O–H groups in total.